The Hall–Kier alpha value is -0.870. The van der Waals surface area contributed by atoms with E-state index < -0.39 is 0 Å². The normalized spacial score (nSPS) is 19.9. The molecule has 1 unspecified atom stereocenters. The monoisotopic (exact) mass is 239 g/mol. The minimum atomic E-state index is -0.0227. The van der Waals surface area contributed by atoms with Gasteiger partial charge in [-0.15, -0.1) is 6.58 Å². The highest BCUT2D eigenvalue weighted by Gasteiger charge is 2.25. The number of hydrogen-bond acceptors (Lipinski definition) is 3. The van der Waals surface area contributed by atoms with Crippen LogP contribution >= 0.6 is 0 Å². The Kier molecular flexibility index (Phi) is 6.22. The van der Waals surface area contributed by atoms with Crippen LogP contribution in [-0.4, -0.2) is 50.1 Å². The maximum absolute atomic E-state index is 11.8. The molecule has 2 N–H and O–H groups in total. The van der Waals surface area contributed by atoms with E-state index in [1.54, 1.807) is 6.08 Å². The Balaban J connectivity index is 2.32. The average Bonchev–Trinajstić information content (AvgIpc) is 2.36. The van der Waals surface area contributed by atoms with Gasteiger partial charge in [0.1, 0.15) is 0 Å². The summed E-state index contributed by atoms with van der Waals surface area (Å²) in [5, 5.41) is 6.08. The summed E-state index contributed by atoms with van der Waals surface area (Å²) in [4.78, 5) is 14.1. The molecule has 1 amide bonds. The fourth-order valence-electron chi connectivity index (χ4n) is 2.32. The van der Waals surface area contributed by atoms with Crippen molar-refractivity contribution in [1.29, 1.82) is 0 Å². The Morgan fingerprint density at radius 3 is 2.71 bits per heavy atom. The van der Waals surface area contributed by atoms with Crippen LogP contribution in [0, 0.1) is 5.92 Å². The number of nitrogens with one attached hydrogen (secondary N) is 2. The fraction of sp³-hybridized carbons (Fsp3) is 0.769. The van der Waals surface area contributed by atoms with Crippen LogP contribution in [0.25, 0.3) is 0 Å². The number of piperidine rings is 1. The van der Waals surface area contributed by atoms with E-state index in [2.05, 4.69) is 22.1 Å². The van der Waals surface area contributed by atoms with E-state index in [1.807, 2.05) is 14.0 Å². The lowest BCUT2D eigenvalue weighted by atomic mass is 9.96. The van der Waals surface area contributed by atoms with Crippen LogP contribution in [0.5, 0.6) is 0 Å². The molecule has 1 aliphatic heterocycles. The van der Waals surface area contributed by atoms with Crippen LogP contribution in [0.1, 0.15) is 19.8 Å². The molecule has 0 saturated carbocycles. The smallest absolute Gasteiger partial charge is 0.237 e. The summed E-state index contributed by atoms with van der Waals surface area (Å²) in [6, 6.07) is -0.0227. The predicted molar refractivity (Wildman–Crippen MR) is 70.9 cm³/mol. The molecule has 4 nitrogen and oxygen atoms in total. The number of rotatable bonds is 6. The molecule has 0 aromatic heterocycles. The first kappa shape index (κ1) is 14.2. The summed E-state index contributed by atoms with van der Waals surface area (Å²) < 4.78 is 0. The predicted octanol–water partition coefficient (Wildman–Crippen LogP) is 0.609. The Morgan fingerprint density at radius 2 is 2.18 bits per heavy atom. The van der Waals surface area contributed by atoms with Crippen molar-refractivity contribution in [2.24, 2.45) is 5.92 Å². The summed E-state index contributed by atoms with van der Waals surface area (Å²) in [6.07, 6.45) is 4.07. The fourth-order valence-corrected chi connectivity index (χ4v) is 2.32. The zero-order valence-corrected chi connectivity index (χ0v) is 11.0. The number of carbonyl (C=O) groups is 1. The second-order valence-electron chi connectivity index (χ2n) is 4.75. The molecular formula is C13H25N3O. The van der Waals surface area contributed by atoms with E-state index in [1.165, 1.54) is 12.8 Å². The molecule has 0 spiro atoms. The Morgan fingerprint density at radius 1 is 1.53 bits per heavy atom. The van der Waals surface area contributed by atoms with Gasteiger partial charge in [-0.2, -0.15) is 0 Å². The van der Waals surface area contributed by atoms with Gasteiger partial charge in [-0.05, 0) is 52.4 Å². The van der Waals surface area contributed by atoms with E-state index in [0.29, 0.717) is 6.54 Å². The zero-order valence-electron chi connectivity index (χ0n) is 11.0. The van der Waals surface area contributed by atoms with Gasteiger partial charge in [-0.3, -0.25) is 9.69 Å². The quantitative estimate of drug-likeness (QED) is 0.668. The average molecular weight is 239 g/mol. The molecule has 1 fully saturated rings. The summed E-state index contributed by atoms with van der Waals surface area (Å²) in [5.74, 6) is 0.872. The van der Waals surface area contributed by atoms with Crippen LogP contribution in [0.3, 0.4) is 0 Å². The van der Waals surface area contributed by atoms with Crippen LogP contribution in [0.2, 0.25) is 0 Å². The van der Waals surface area contributed by atoms with Crippen LogP contribution in [0.4, 0.5) is 0 Å². The summed E-state index contributed by atoms with van der Waals surface area (Å²) in [5.41, 5.74) is 0. The van der Waals surface area contributed by atoms with Gasteiger partial charge >= 0.3 is 0 Å². The first-order chi connectivity index (χ1) is 8.19. The first-order valence-electron chi connectivity index (χ1n) is 6.46. The number of likely N-dealkylation sites (tertiary alicyclic amines) is 1. The van der Waals surface area contributed by atoms with Gasteiger partial charge in [-0.25, -0.2) is 0 Å². The van der Waals surface area contributed by atoms with Gasteiger partial charge < -0.3 is 10.6 Å². The molecule has 1 atom stereocenters. The molecule has 98 valence electrons. The molecule has 0 aromatic rings. The molecule has 1 saturated heterocycles. The lowest BCUT2D eigenvalue weighted by molar-refractivity contribution is -0.126. The lowest BCUT2D eigenvalue weighted by Crippen LogP contribution is -2.48. The Labute approximate surface area is 104 Å². The van der Waals surface area contributed by atoms with Crippen molar-refractivity contribution >= 4 is 5.91 Å². The van der Waals surface area contributed by atoms with E-state index in [9.17, 15) is 4.79 Å². The summed E-state index contributed by atoms with van der Waals surface area (Å²) >= 11 is 0. The third-order valence-corrected chi connectivity index (χ3v) is 3.49. The summed E-state index contributed by atoms with van der Waals surface area (Å²) in [6.45, 7) is 9.27. The molecule has 0 bridgehead atoms. The maximum Gasteiger partial charge on any atom is 0.237 e. The van der Waals surface area contributed by atoms with Crippen molar-refractivity contribution in [3.8, 4) is 0 Å². The number of hydrogen-bond donors (Lipinski definition) is 2. The SMILES string of the molecule is C=CCNC(=O)C(C)N1CCC(CNC)CC1. The molecule has 1 heterocycles. The molecule has 17 heavy (non-hydrogen) atoms. The van der Waals surface area contributed by atoms with Gasteiger partial charge in [-0.1, -0.05) is 6.08 Å². The van der Waals surface area contributed by atoms with Crippen molar-refractivity contribution in [1.82, 2.24) is 15.5 Å². The standard InChI is InChI=1S/C13H25N3O/c1-4-7-15-13(17)11(2)16-8-5-12(6-9-16)10-14-3/h4,11-12,14H,1,5-10H2,2-3H3,(H,15,17). The second-order valence-corrected chi connectivity index (χ2v) is 4.75. The first-order valence-corrected chi connectivity index (χ1v) is 6.46. The molecule has 0 aliphatic carbocycles. The minimum absolute atomic E-state index is 0.0227. The van der Waals surface area contributed by atoms with E-state index in [4.69, 9.17) is 0 Å². The maximum atomic E-state index is 11.8. The van der Waals surface area contributed by atoms with Crippen molar-refractivity contribution in [3.05, 3.63) is 12.7 Å². The molecule has 0 aromatic carbocycles. The number of nitrogens with zero attached hydrogens (tertiary/aromatic N) is 1. The molecule has 1 rings (SSSR count). The van der Waals surface area contributed by atoms with Crippen molar-refractivity contribution in [2.45, 2.75) is 25.8 Å². The van der Waals surface area contributed by atoms with Gasteiger partial charge in [0.15, 0.2) is 0 Å². The van der Waals surface area contributed by atoms with Crippen molar-refractivity contribution in [3.63, 3.8) is 0 Å². The molecule has 0 radical (unpaired) electrons. The third kappa shape index (κ3) is 4.48. The highest BCUT2D eigenvalue weighted by molar-refractivity contribution is 5.81. The largest absolute Gasteiger partial charge is 0.351 e. The Bertz CT molecular complexity index is 247. The molecular weight excluding hydrogens is 214 g/mol. The van der Waals surface area contributed by atoms with E-state index >= 15 is 0 Å². The van der Waals surface area contributed by atoms with Crippen LogP contribution in [-0.2, 0) is 4.79 Å². The number of carbonyl (C=O) groups excluding carboxylic acids is 1. The van der Waals surface area contributed by atoms with Gasteiger partial charge in [0.05, 0.1) is 6.04 Å². The minimum Gasteiger partial charge on any atom is -0.351 e. The number of amides is 1. The topological polar surface area (TPSA) is 44.4 Å². The van der Waals surface area contributed by atoms with Crippen molar-refractivity contribution < 1.29 is 4.79 Å². The van der Waals surface area contributed by atoms with Crippen molar-refractivity contribution in [2.75, 3.05) is 33.2 Å². The highest BCUT2D eigenvalue weighted by atomic mass is 16.2. The third-order valence-electron chi connectivity index (χ3n) is 3.49. The lowest BCUT2D eigenvalue weighted by Gasteiger charge is -2.35. The van der Waals surface area contributed by atoms with Gasteiger partial charge in [0.2, 0.25) is 5.91 Å². The highest BCUT2D eigenvalue weighted by Crippen LogP contribution is 2.18. The zero-order chi connectivity index (χ0) is 12.7. The van der Waals surface area contributed by atoms with Crippen LogP contribution in [0.15, 0.2) is 12.7 Å². The van der Waals surface area contributed by atoms with Gasteiger partial charge in [0, 0.05) is 6.54 Å². The van der Waals surface area contributed by atoms with E-state index in [-0.39, 0.29) is 11.9 Å². The van der Waals surface area contributed by atoms with Gasteiger partial charge in [0.25, 0.3) is 0 Å². The molecule has 1 aliphatic rings. The summed E-state index contributed by atoms with van der Waals surface area (Å²) in [7, 11) is 2.00. The van der Waals surface area contributed by atoms with E-state index in [0.717, 1.165) is 25.6 Å². The van der Waals surface area contributed by atoms with Crippen LogP contribution < -0.4 is 10.6 Å². The molecule has 4 heteroatoms. The second kappa shape index (κ2) is 7.45.